The van der Waals surface area contributed by atoms with Gasteiger partial charge in [0.2, 0.25) is 5.91 Å². The Kier molecular flexibility index (Phi) is 9.03. The van der Waals surface area contributed by atoms with E-state index in [0.717, 1.165) is 18.2 Å². The predicted octanol–water partition coefficient (Wildman–Crippen LogP) is 5.52. The molecule has 2 aromatic carbocycles. The molecule has 8 nitrogen and oxygen atoms in total. The highest BCUT2D eigenvalue weighted by Crippen LogP contribution is 2.54. The number of rotatable bonds is 9. The van der Waals surface area contributed by atoms with Gasteiger partial charge in [0.25, 0.3) is 5.69 Å². The molecular weight excluding hydrogens is 626 g/mol. The molecule has 21 heteroatoms. The van der Waals surface area contributed by atoms with Crippen molar-refractivity contribution in [1.82, 2.24) is 0 Å². The van der Waals surface area contributed by atoms with Crippen molar-refractivity contribution in [3.63, 3.8) is 0 Å². The molecule has 0 aliphatic carbocycles. The summed E-state index contributed by atoms with van der Waals surface area (Å²) < 4.78 is 166. The fraction of sp³-hybridized carbons (Fsp3) is 0.278. The lowest BCUT2D eigenvalue weighted by molar-refractivity contribution is -0.388. The minimum absolute atomic E-state index is 0.0449. The molecule has 2 aromatic rings. The molecular formula is C18H10F10N2O6S3. The number of amides is 1. The number of nitro benzene ring substituents is 1. The number of nitrogens with zero attached hydrogens (tertiary/aromatic N) is 1. The van der Waals surface area contributed by atoms with E-state index >= 15 is 0 Å². The molecule has 0 fully saturated rings. The molecule has 0 spiro atoms. The first kappa shape index (κ1) is 32.3. The maximum Gasteiger partial charge on any atom is 0.475 e. The maximum absolute atomic E-state index is 13.8. The lowest BCUT2D eigenvalue weighted by atomic mass is 10.3. The minimum atomic E-state index is -6.66. The van der Waals surface area contributed by atoms with Gasteiger partial charge in [0, 0.05) is 11.0 Å². The van der Waals surface area contributed by atoms with Crippen LogP contribution in [0.3, 0.4) is 0 Å². The van der Waals surface area contributed by atoms with Crippen molar-refractivity contribution in [3.8, 4) is 0 Å². The Balaban J connectivity index is 2.36. The first-order chi connectivity index (χ1) is 17.5. The highest BCUT2D eigenvalue weighted by molar-refractivity contribution is 8.00. The van der Waals surface area contributed by atoms with E-state index in [1.807, 2.05) is 0 Å². The summed E-state index contributed by atoms with van der Waals surface area (Å²) in [6.45, 7) is 0. The summed E-state index contributed by atoms with van der Waals surface area (Å²) in [5.41, 5.74) is -7.70. The molecule has 39 heavy (non-hydrogen) atoms. The Hall–Kier alpha value is -2.94. The molecule has 0 heterocycles. The zero-order chi connectivity index (χ0) is 30.2. The number of carbonyl (C=O) groups excluding carboxylic acids is 1. The van der Waals surface area contributed by atoms with Crippen LogP contribution in [0.1, 0.15) is 0 Å². The highest BCUT2D eigenvalue weighted by Gasteiger charge is 2.73. The lowest BCUT2D eigenvalue weighted by Gasteiger charge is -2.28. The number of para-hydroxylation sites is 1. The topological polar surface area (TPSA) is 123 Å². The van der Waals surface area contributed by atoms with Crippen LogP contribution in [-0.2, 0) is 25.4 Å². The fourth-order valence-corrected chi connectivity index (χ4v) is 5.49. The van der Waals surface area contributed by atoms with Gasteiger partial charge in [0.05, 0.1) is 15.5 Å². The Morgan fingerprint density at radius 2 is 1.54 bits per heavy atom. The number of hydrogen-bond acceptors (Lipinski definition) is 7. The van der Waals surface area contributed by atoms with E-state index in [1.165, 1.54) is 0 Å². The normalized spacial score (nSPS) is 14.1. The molecule has 0 saturated carbocycles. The van der Waals surface area contributed by atoms with E-state index < -0.39 is 97.9 Å². The van der Waals surface area contributed by atoms with Gasteiger partial charge in [0.1, 0.15) is 10.6 Å². The SMILES string of the molecule is O=C(CS(=O)(=O)c1ccc(S(=O)C(F)(F)F)cc1[N+](=O)[O-])Nc1ccccc1SC(F)(F)C(F)(F)C(F)(F)F. The maximum atomic E-state index is 13.8. The first-order valence-electron chi connectivity index (χ1n) is 9.41. The summed E-state index contributed by atoms with van der Waals surface area (Å²) in [5.74, 6) is -9.89. The van der Waals surface area contributed by atoms with Crippen molar-refractivity contribution in [2.75, 3.05) is 11.1 Å². The zero-order valence-corrected chi connectivity index (χ0v) is 20.6. The number of alkyl halides is 10. The van der Waals surface area contributed by atoms with Crippen LogP contribution >= 0.6 is 11.8 Å². The van der Waals surface area contributed by atoms with Crippen LogP contribution in [0.2, 0.25) is 0 Å². The average Bonchev–Trinajstić information content (AvgIpc) is 2.77. The van der Waals surface area contributed by atoms with Crippen molar-refractivity contribution >= 4 is 49.7 Å². The summed E-state index contributed by atoms with van der Waals surface area (Å²) in [7, 11) is -8.87. The summed E-state index contributed by atoms with van der Waals surface area (Å²) in [5, 5.41) is 7.13. The number of hydrogen-bond donors (Lipinski definition) is 1. The first-order valence-corrected chi connectivity index (χ1v) is 13.0. The van der Waals surface area contributed by atoms with E-state index in [4.69, 9.17) is 0 Å². The van der Waals surface area contributed by atoms with Crippen LogP contribution in [-0.4, -0.2) is 52.1 Å². The van der Waals surface area contributed by atoms with Crippen molar-refractivity contribution in [1.29, 1.82) is 0 Å². The molecule has 0 bridgehead atoms. The summed E-state index contributed by atoms with van der Waals surface area (Å²) in [6.07, 6.45) is -6.66. The monoisotopic (exact) mass is 636 g/mol. The van der Waals surface area contributed by atoms with Crippen LogP contribution in [0, 0.1) is 10.1 Å². The number of anilines is 1. The Labute approximate surface area is 217 Å². The fourth-order valence-electron chi connectivity index (χ4n) is 2.61. The van der Waals surface area contributed by atoms with Gasteiger partial charge in [-0.3, -0.25) is 14.9 Å². The van der Waals surface area contributed by atoms with Crippen LogP contribution < -0.4 is 5.32 Å². The molecule has 0 aliphatic rings. The van der Waals surface area contributed by atoms with E-state index in [1.54, 1.807) is 5.32 Å². The van der Waals surface area contributed by atoms with Gasteiger partial charge in [-0.2, -0.15) is 43.9 Å². The average molecular weight is 636 g/mol. The second kappa shape index (κ2) is 10.9. The molecule has 0 aromatic heterocycles. The van der Waals surface area contributed by atoms with Gasteiger partial charge in [-0.25, -0.2) is 12.6 Å². The zero-order valence-electron chi connectivity index (χ0n) is 18.1. The summed E-state index contributed by atoms with van der Waals surface area (Å²) in [6, 6.07) is 3.88. The van der Waals surface area contributed by atoms with Crippen LogP contribution in [0.25, 0.3) is 0 Å². The number of halogens is 10. The second-order valence-corrected chi connectivity index (χ2v) is 11.7. The third-order valence-electron chi connectivity index (χ3n) is 4.33. The number of nitrogens with one attached hydrogen (secondary N) is 1. The Morgan fingerprint density at radius 1 is 0.974 bits per heavy atom. The van der Waals surface area contributed by atoms with Crippen molar-refractivity contribution in [3.05, 3.63) is 52.6 Å². The Morgan fingerprint density at radius 3 is 2.05 bits per heavy atom. The second-order valence-electron chi connectivity index (χ2n) is 7.10. The molecule has 0 radical (unpaired) electrons. The van der Waals surface area contributed by atoms with Crippen LogP contribution in [0.15, 0.2) is 57.2 Å². The number of benzene rings is 2. The molecule has 1 atom stereocenters. The predicted molar refractivity (Wildman–Crippen MR) is 114 cm³/mol. The third-order valence-corrected chi connectivity index (χ3v) is 8.18. The molecule has 2 rings (SSSR count). The molecule has 1 amide bonds. The number of thioether (sulfide) groups is 1. The van der Waals surface area contributed by atoms with Crippen LogP contribution in [0.4, 0.5) is 55.3 Å². The number of nitro groups is 1. The molecule has 216 valence electrons. The van der Waals surface area contributed by atoms with Gasteiger partial charge >= 0.3 is 22.9 Å². The van der Waals surface area contributed by atoms with Gasteiger partial charge < -0.3 is 5.32 Å². The van der Waals surface area contributed by atoms with Gasteiger partial charge in [-0.15, -0.1) is 0 Å². The number of carbonyl (C=O) groups is 1. The van der Waals surface area contributed by atoms with Crippen molar-refractivity contribution in [2.45, 2.75) is 37.5 Å². The highest BCUT2D eigenvalue weighted by atomic mass is 32.2. The van der Waals surface area contributed by atoms with E-state index in [2.05, 4.69) is 0 Å². The molecule has 1 unspecified atom stereocenters. The lowest BCUT2D eigenvalue weighted by Crippen LogP contribution is -2.49. The minimum Gasteiger partial charge on any atom is -0.324 e. The quantitative estimate of drug-likeness (QED) is 0.167. The largest absolute Gasteiger partial charge is 0.475 e. The van der Waals surface area contributed by atoms with E-state index in [9.17, 15) is 71.4 Å². The smallest absolute Gasteiger partial charge is 0.324 e. The van der Waals surface area contributed by atoms with E-state index in [0.29, 0.717) is 12.1 Å². The molecule has 1 N–H and O–H groups in total. The summed E-state index contributed by atoms with van der Waals surface area (Å²) in [4.78, 5) is 18.5. The van der Waals surface area contributed by atoms with Crippen molar-refractivity contribution in [2.24, 2.45) is 0 Å². The molecule has 0 aliphatic heterocycles. The van der Waals surface area contributed by atoms with Crippen molar-refractivity contribution < 1.29 is 66.2 Å². The third kappa shape index (κ3) is 7.18. The standard InChI is InChI=1S/C18H10F10N2O6S3/c19-15(20,16(21,22)23)17(24,25)37-12-4-2-1-3-10(12)29-14(31)8-39(35,36)13-6-5-9(7-11(13)30(32)33)38(34)18(26,27)28/h1-7H,8H2,(H,29,31). The van der Waals surface area contributed by atoms with E-state index in [-0.39, 0.29) is 12.1 Å². The number of sulfone groups is 1. The summed E-state index contributed by atoms with van der Waals surface area (Å²) >= 11 is -1.30. The van der Waals surface area contributed by atoms with Crippen LogP contribution in [0.5, 0.6) is 0 Å². The molecule has 0 saturated heterocycles. The Bertz CT molecular complexity index is 1410. The van der Waals surface area contributed by atoms with Gasteiger partial charge in [-0.1, -0.05) is 12.1 Å². The van der Waals surface area contributed by atoms with Gasteiger partial charge in [0.15, 0.2) is 20.6 Å². The van der Waals surface area contributed by atoms with Gasteiger partial charge in [-0.05, 0) is 36.0 Å².